The Balaban J connectivity index is 2.29. The lowest BCUT2D eigenvalue weighted by atomic mass is 10.1. The van der Waals surface area contributed by atoms with E-state index in [2.05, 4.69) is 72.5 Å². The smallest absolute Gasteiger partial charge is 0.0208 e. The molecular weight excluding hydrogens is 288 g/mol. The summed E-state index contributed by atoms with van der Waals surface area (Å²) in [5.41, 5.74) is 2.61. The van der Waals surface area contributed by atoms with E-state index in [1.54, 1.807) is 0 Å². The van der Waals surface area contributed by atoms with Gasteiger partial charge in [-0.1, -0.05) is 41.9 Å². The number of benzene rings is 1. The summed E-state index contributed by atoms with van der Waals surface area (Å²) in [6, 6.07) is 7.02. The standard InChI is InChI=1S/C15H25BrN2/c1-11(2)8-17-9-13(4)18-10-14-6-5-12(3)15(16)7-14/h5-7,11,13,17-18H,8-10H2,1-4H3. The molecule has 1 unspecified atom stereocenters. The Hall–Kier alpha value is -0.380. The highest BCUT2D eigenvalue weighted by molar-refractivity contribution is 9.10. The molecule has 18 heavy (non-hydrogen) atoms. The summed E-state index contributed by atoms with van der Waals surface area (Å²) >= 11 is 3.57. The molecule has 0 heterocycles. The number of hydrogen-bond acceptors (Lipinski definition) is 2. The minimum atomic E-state index is 0.490. The highest BCUT2D eigenvalue weighted by atomic mass is 79.9. The van der Waals surface area contributed by atoms with Crippen molar-refractivity contribution in [3.63, 3.8) is 0 Å². The topological polar surface area (TPSA) is 24.1 Å². The number of halogens is 1. The van der Waals surface area contributed by atoms with E-state index >= 15 is 0 Å². The lowest BCUT2D eigenvalue weighted by Crippen LogP contribution is -2.37. The minimum Gasteiger partial charge on any atom is -0.315 e. The van der Waals surface area contributed by atoms with Crippen LogP contribution in [0.15, 0.2) is 22.7 Å². The fourth-order valence-electron chi connectivity index (χ4n) is 1.70. The fourth-order valence-corrected chi connectivity index (χ4v) is 2.13. The van der Waals surface area contributed by atoms with Gasteiger partial charge in [0, 0.05) is 23.6 Å². The Labute approximate surface area is 120 Å². The third kappa shape index (κ3) is 5.98. The van der Waals surface area contributed by atoms with Crippen LogP contribution in [0.3, 0.4) is 0 Å². The number of rotatable bonds is 7. The van der Waals surface area contributed by atoms with Crippen molar-refractivity contribution in [2.24, 2.45) is 5.92 Å². The molecule has 0 bridgehead atoms. The Morgan fingerprint density at radius 2 is 1.89 bits per heavy atom. The van der Waals surface area contributed by atoms with Gasteiger partial charge in [-0.3, -0.25) is 0 Å². The highest BCUT2D eigenvalue weighted by Gasteiger charge is 2.03. The van der Waals surface area contributed by atoms with Crippen molar-refractivity contribution < 1.29 is 0 Å². The number of nitrogens with one attached hydrogen (secondary N) is 2. The monoisotopic (exact) mass is 312 g/mol. The SMILES string of the molecule is Cc1ccc(CNC(C)CNCC(C)C)cc1Br. The van der Waals surface area contributed by atoms with Crippen LogP contribution in [0, 0.1) is 12.8 Å². The summed E-state index contributed by atoms with van der Waals surface area (Å²) < 4.78 is 1.19. The lowest BCUT2D eigenvalue weighted by molar-refractivity contribution is 0.472. The Kier molecular flexibility index (Phi) is 6.90. The molecule has 2 nitrogen and oxygen atoms in total. The van der Waals surface area contributed by atoms with E-state index in [0.717, 1.165) is 19.6 Å². The van der Waals surface area contributed by atoms with E-state index in [-0.39, 0.29) is 0 Å². The first kappa shape index (κ1) is 15.7. The zero-order valence-electron chi connectivity index (χ0n) is 11.9. The van der Waals surface area contributed by atoms with Gasteiger partial charge in [-0.25, -0.2) is 0 Å². The Morgan fingerprint density at radius 3 is 2.50 bits per heavy atom. The third-order valence-corrected chi connectivity index (χ3v) is 3.75. The summed E-state index contributed by atoms with van der Waals surface area (Å²) in [6.07, 6.45) is 0. The van der Waals surface area contributed by atoms with Gasteiger partial charge in [0.1, 0.15) is 0 Å². The molecule has 0 aromatic heterocycles. The third-order valence-electron chi connectivity index (χ3n) is 2.89. The first-order valence-electron chi connectivity index (χ1n) is 6.68. The van der Waals surface area contributed by atoms with Crippen LogP contribution in [0.1, 0.15) is 31.9 Å². The van der Waals surface area contributed by atoms with Gasteiger partial charge in [0.05, 0.1) is 0 Å². The summed E-state index contributed by atoms with van der Waals surface area (Å²) in [5, 5.41) is 7.01. The Bertz CT molecular complexity index is 364. The van der Waals surface area contributed by atoms with Crippen LogP contribution >= 0.6 is 15.9 Å². The molecule has 0 aliphatic rings. The molecule has 102 valence electrons. The molecule has 0 radical (unpaired) electrons. The summed E-state index contributed by atoms with van der Waals surface area (Å²) in [5.74, 6) is 0.713. The summed E-state index contributed by atoms with van der Waals surface area (Å²) in [7, 11) is 0. The maximum Gasteiger partial charge on any atom is 0.0208 e. The molecule has 0 saturated carbocycles. The summed E-state index contributed by atoms with van der Waals surface area (Å²) in [4.78, 5) is 0. The van der Waals surface area contributed by atoms with Crippen LogP contribution in [0.2, 0.25) is 0 Å². The average molecular weight is 313 g/mol. The van der Waals surface area contributed by atoms with E-state index in [1.165, 1.54) is 15.6 Å². The van der Waals surface area contributed by atoms with Crippen molar-refractivity contribution in [2.45, 2.75) is 40.3 Å². The van der Waals surface area contributed by atoms with Crippen molar-refractivity contribution >= 4 is 15.9 Å². The molecule has 0 amide bonds. The van der Waals surface area contributed by atoms with Crippen LogP contribution in [-0.4, -0.2) is 19.1 Å². The quantitative estimate of drug-likeness (QED) is 0.805. The van der Waals surface area contributed by atoms with E-state index in [1.807, 2.05) is 0 Å². The maximum absolute atomic E-state index is 3.57. The molecule has 1 rings (SSSR count). The predicted octanol–water partition coefficient (Wildman–Crippen LogP) is 3.48. The van der Waals surface area contributed by atoms with Gasteiger partial charge in [0.15, 0.2) is 0 Å². The average Bonchev–Trinajstić information content (AvgIpc) is 2.30. The number of aryl methyl sites for hydroxylation is 1. The van der Waals surface area contributed by atoms with Crippen LogP contribution in [0.25, 0.3) is 0 Å². The fraction of sp³-hybridized carbons (Fsp3) is 0.600. The van der Waals surface area contributed by atoms with Gasteiger partial charge in [-0.2, -0.15) is 0 Å². The normalized spacial score (nSPS) is 13.0. The van der Waals surface area contributed by atoms with Gasteiger partial charge in [0.2, 0.25) is 0 Å². The molecule has 0 aliphatic heterocycles. The van der Waals surface area contributed by atoms with Crippen molar-refractivity contribution in [3.8, 4) is 0 Å². The molecule has 0 aliphatic carbocycles. The van der Waals surface area contributed by atoms with Crippen molar-refractivity contribution in [1.82, 2.24) is 10.6 Å². The molecular formula is C15H25BrN2. The van der Waals surface area contributed by atoms with Crippen LogP contribution < -0.4 is 10.6 Å². The molecule has 0 fully saturated rings. The Morgan fingerprint density at radius 1 is 1.17 bits per heavy atom. The van der Waals surface area contributed by atoms with Crippen LogP contribution in [-0.2, 0) is 6.54 Å². The van der Waals surface area contributed by atoms with Gasteiger partial charge >= 0.3 is 0 Å². The predicted molar refractivity (Wildman–Crippen MR) is 82.9 cm³/mol. The number of hydrogen-bond donors (Lipinski definition) is 2. The van der Waals surface area contributed by atoms with E-state index in [0.29, 0.717) is 12.0 Å². The van der Waals surface area contributed by atoms with Gasteiger partial charge in [-0.05, 0) is 43.5 Å². The zero-order chi connectivity index (χ0) is 13.5. The molecule has 1 aromatic rings. The molecule has 0 saturated heterocycles. The molecule has 1 atom stereocenters. The first-order chi connectivity index (χ1) is 8.49. The van der Waals surface area contributed by atoms with E-state index in [4.69, 9.17) is 0 Å². The van der Waals surface area contributed by atoms with Gasteiger partial charge < -0.3 is 10.6 Å². The molecule has 3 heteroatoms. The zero-order valence-corrected chi connectivity index (χ0v) is 13.5. The van der Waals surface area contributed by atoms with Gasteiger partial charge in [0.25, 0.3) is 0 Å². The van der Waals surface area contributed by atoms with Crippen LogP contribution in [0.5, 0.6) is 0 Å². The molecule has 0 spiro atoms. The first-order valence-corrected chi connectivity index (χ1v) is 7.47. The maximum atomic E-state index is 3.57. The largest absolute Gasteiger partial charge is 0.315 e. The second-order valence-corrected chi connectivity index (χ2v) is 6.27. The van der Waals surface area contributed by atoms with E-state index < -0.39 is 0 Å². The second-order valence-electron chi connectivity index (χ2n) is 5.42. The summed E-state index contributed by atoms with van der Waals surface area (Å²) in [6.45, 7) is 11.8. The van der Waals surface area contributed by atoms with Crippen molar-refractivity contribution in [3.05, 3.63) is 33.8 Å². The van der Waals surface area contributed by atoms with Crippen LogP contribution in [0.4, 0.5) is 0 Å². The van der Waals surface area contributed by atoms with Crippen molar-refractivity contribution in [2.75, 3.05) is 13.1 Å². The molecule has 2 N–H and O–H groups in total. The van der Waals surface area contributed by atoms with Crippen molar-refractivity contribution in [1.29, 1.82) is 0 Å². The highest BCUT2D eigenvalue weighted by Crippen LogP contribution is 2.17. The second kappa shape index (κ2) is 7.93. The van der Waals surface area contributed by atoms with Gasteiger partial charge in [-0.15, -0.1) is 0 Å². The minimum absolute atomic E-state index is 0.490. The van der Waals surface area contributed by atoms with E-state index in [9.17, 15) is 0 Å². The molecule has 1 aromatic carbocycles. The lowest BCUT2D eigenvalue weighted by Gasteiger charge is -2.16.